The maximum absolute atomic E-state index is 13.3. The topological polar surface area (TPSA) is 21.3 Å². The van der Waals surface area contributed by atoms with Crippen molar-refractivity contribution >= 4 is 11.6 Å². The summed E-state index contributed by atoms with van der Waals surface area (Å²) in [5.41, 5.74) is 0.528. The van der Waals surface area contributed by atoms with Crippen molar-refractivity contribution < 1.29 is 22.3 Å². The Morgan fingerprint density at radius 2 is 2.05 bits per heavy atom. The zero-order valence-corrected chi connectivity index (χ0v) is 12.4. The average Bonchev–Trinajstić information content (AvgIpc) is 2.40. The number of nitrogens with one attached hydrogen (secondary N) is 1. The van der Waals surface area contributed by atoms with Crippen LogP contribution in [0.4, 0.5) is 17.6 Å². The number of hydrogen-bond acceptors (Lipinski definition) is 2. The SMILES string of the molecule is CCCNC(CCOCC(F)(F)F)c1cc(F)ccc1Cl. The highest BCUT2D eigenvalue weighted by Gasteiger charge is 2.27. The van der Waals surface area contributed by atoms with Crippen molar-refractivity contribution in [3.8, 4) is 0 Å². The summed E-state index contributed by atoms with van der Waals surface area (Å²) in [6.07, 6.45) is -3.23. The summed E-state index contributed by atoms with van der Waals surface area (Å²) >= 11 is 6.03. The second-order valence-electron chi connectivity index (χ2n) is 4.63. The summed E-state index contributed by atoms with van der Waals surface area (Å²) in [7, 11) is 0. The number of benzene rings is 1. The number of hydrogen-bond donors (Lipinski definition) is 1. The van der Waals surface area contributed by atoms with Crippen LogP contribution in [-0.4, -0.2) is 25.9 Å². The molecule has 0 aromatic heterocycles. The van der Waals surface area contributed by atoms with E-state index in [0.717, 1.165) is 6.42 Å². The van der Waals surface area contributed by atoms with E-state index in [1.54, 1.807) is 0 Å². The number of alkyl halides is 3. The summed E-state index contributed by atoms with van der Waals surface area (Å²) in [4.78, 5) is 0. The van der Waals surface area contributed by atoms with Crippen LogP contribution in [0.5, 0.6) is 0 Å². The fourth-order valence-corrected chi connectivity index (χ4v) is 2.11. The van der Waals surface area contributed by atoms with Crippen molar-refractivity contribution in [2.75, 3.05) is 19.8 Å². The molecule has 1 rings (SSSR count). The fraction of sp³-hybridized carbons (Fsp3) is 0.571. The van der Waals surface area contributed by atoms with Gasteiger partial charge in [0.2, 0.25) is 0 Å². The van der Waals surface area contributed by atoms with Crippen LogP contribution >= 0.6 is 11.6 Å². The molecule has 21 heavy (non-hydrogen) atoms. The molecule has 0 amide bonds. The van der Waals surface area contributed by atoms with Crippen molar-refractivity contribution in [2.45, 2.75) is 32.0 Å². The molecule has 0 aliphatic rings. The van der Waals surface area contributed by atoms with E-state index in [1.807, 2.05) is 6.92 Å². The molecule has 1 aromatic carbocycles. The van der Waals surface area contributed by atoms with Gasteiger partial charge in [-0.2, -0.15) is 13.2 Å². The van der Waals surface area contributed by atoms with Crippen molar-refractivity contribution in [3.63, 3.8) is 0 Å². The van der Waals surface area contributed by atoms with E-state index in [0.29, 0.717) is 17.1 Å². The first-order valence-electron chi connectivity index (χ1n) is 6.66. The number of ether oxygens (including phenoxy) is 1. The fourth-order valence-electron chi connectivity index (χ4n) is 1.86. The van der Waals surface area contributed by atoms with E-state index in [4.69, 9.17) is 11.6 Å². The number of rotatable bonds is 8. The largest absolute Gasteiger partial charge is 0.411 e. The lowest BCUT2D eigenvalue weighted by Crippen LogP contribution is -2.25. The zero-order valence-electron chi connectivity index (χ0n) is 11.6. The van der Waals surface area contributed by atoms with Gasteiger partial charge in [-0.15, -0.1) is 0 Å². The third-order valence-corrected chi connectivity index (χ3v) is 3.13. The molecular formula is C14H18ClF4NO. The normalized spacial score (nSPS) is 13.4. The summed E-state index contributed by atoms with van der Waals surface area (Å²) in [5, 5.41) is 3.51. The lowest BCUT2D eigenvalue weighted by atomic mass is 10.0. The first-order chi connectivity index (χ1) is 9.83. The smallest absolute Gasteiger partial charge is 0.372 e. The highest BCUT2D eigenvalue weighted by Crippen LogP contribution is 2.26. The molecule has 0 radical (unpaired) electrons. The van der Waals surface area contributed by atoms with Gasteiger partial charge in [-0.05, 0) is 43.1 Å². The van der Waals surface area contributed by atoms with E-state index in [1.165, 1.54) is 18.2 Å². The van der Waals surface area contributed by atoms with Gasteiger partial charge >= 0.3 is 6.18 Å². The molecule has 0 aliphatic carbocycles. The van der Waals surface area contributed by atoms with Gasteiger partial charge in [-0.1, -0.05) is 18.5 Å². The summed E-state index contributed by atoms with van der Waals surface area (Å²) in [6, 6.07) is 3.62. The van der Waals surface area contributed by atoms with Crippen LogP contribution in [0.1, 0.15) is 31.4 Å². The van der Waals surface area contributed by atoms with Crippen molar-refractivity contribution in [1.29, 1.82) is 0 Å². The van der Waals surface area contributed by atoms with E-state index in [2.05, 4.69) is 10.1 Å². The third-order valence-electron chi connectivity index (χ3n) is 2.79. The van der Waals surface area contributed by atoms with E-state index in [-0.39, 0.29) is 19.1 Å². The molecule has 0 bridgehead atoms. The predicted octanol–water partition coefficient (Wildman–Crippen LogP) is 4.49. The van der Waals surface area contributed by atoms with Gasteiger partial charge in [0.1, 0.15) is 12.4 Å². The predicted molar refractivity (Wildman–Crippen MR) is 73.9 cm³/mol. The van der Waals surface area contributed by atoms with Gasteiger partial charge in [0.25, 0.3) is 0 Å². The maximum atomic E-state index is 13.3. The molecule has 1 aromatic rings. The van der Waals surface area contributed by atoms with Gasteiger partial charge < -0.3 is 10.1 Å². The van der Waals surface area contributed by atoms with Crippen LogP contribution < -0.4 is 5.32 Å². The lowest BCUT2D eigenvalue weighted by Gasteiger charge is -2.20. The van der Waals surface area contributed by atoms with Crippen molar-refractivity contribution in [2.24, 2.45) is 0 Å². The minimum Gasteiger partial charge on any atom is -0.372 e. The molecule has 0 heterocycles. The Kier molecular flexibility index (Phi) is 7.42. The Hall–Kier alpha value is -0.850. The van der Waals surface area contributed by atoms with Gasteiger partial charge in [-0.25, -0.2) is 4.39 Å². The second-order valence-corrected chi connectivity index (χ2v) is 5.04. The monoisotopic (exact) mass is 327 g/mol. The Morgan fingerprint density at radius 1 is 1.33 bits per heavy atom. The zero-order chi connectivity index (χ0) is 15.9. The molecule has 0 aliphatic heterocycles. The minimum atomic E-state index is -4.34. The van der Waals surface area contributed by atoms with Crippen molar-refractivity contribution in [3.05, 3.63) is 34.6 Å². The van der Waals surface area contributed by atoms with Crippen LogP contribution in [0.15, 0.2) is 18.2 Å². The van der Waals surface area contributed by atoms with Gasteiger partial charge in [0, 0.05) is 17.7 Å². The maximum Gasteiger partial charge on any atom is 0.411 e. The Bertz CT molecular complexity index is 439. The molecule has 1 N–H and O–H groups in total. The highest BCUT2D eigenvalue weighted by molar-refractivity contribution is 6.31. The average molecular weight is 328 g/mol. The summed E-state index contributed by atoms with van der Waals surface area (Å²) < 4.78 is 53.9. The van der Waals surface area contributed by atoms with E-state index < -0.39 is 18.6 Å². The molecule has 0 saturated heterocycles. The second kappa shape index (κ2) is 8.56. The Balaban J connectivity index is 2.65. The van der Waals surface area contributed by atoms with Crippen LogP contribution in [0, 0.1) is 5.82 Å². The van der Waals surface area contributed by atoms with Crippen LogP contribution in [0.3, 0.4) is 0 Å². The van der Waals surface area contributed by atoms with Crippen LogP contribution in [0.25, 0.3) is 0 Å². The number of halogens is 5. The molecule has 7 heteroatoms. The first kappa shape index (κ1) is 18.2. The Morgan fingerprint density at radius 3 is 2.67 bits per heavy atom. The molecule has 0 spiro atoms. The Labute approximate surface area is 126 Å². The minimum absolute atomic E-state index is 0.0896. The molecule has 0 fully saturated rings. The summed E-state index contributed by atoms with van der Waals surface area (Å²) in [5.74, 6) is -0.436. The van der Waals surface area contributed by atoms with Crippen molar-refractivity contribution in [1.82, 2.24) is 5.32 Å². The van der Waals surface area contributed by atoms with Gasteiger partial charge in [0.15, 0.2) is 0 Å². The van der Waals surface area contributed by atoms with Gasteiger partial charge in [0.05, 0.1) is 0 Å². The molecule has 1 unspecified atom stereocenters. The van der Waals surface area contributed by atoms with Gasteiger partial charge in [-0.3, -0.25) is 0 Å². The molecule has 2 nitrogen and oxygen atoms in total. The third kappa shape index (κ3) is 7.11. The quantitative estimate of drug-likeness (QED) is 0.561. The molecular weight excluding hydrogens is 310 g/mol. The highest BCUT2D eigenvalue weighted by atomic mass is 35.5. The standard InChI is InChI=1S/C14H18ClF4NO/c1-2-6-20-13(5-7-21-9-14(17,18)19)11-8-10(16)3-4-12(11)15/h3-4,8,13,20H,2,5-7,9H2,1H3. The molecule has 1 atom stereocenters. The molecule has 0 saturated carbocycles. The van der Waals surface area contributed by atoms with Crippen LogP contribution in [0.2, 0.25) is 5.02 Å². The first-order valence-corrected chi connectivity index (χ1v) is 7.04. The van der Waals surface area contributed by atoms with E-state index >= 15 is 0 Å². The lowest BCUT2D eigenvalue weighted by molar-refractivity contribution is -0.174. The van der Waals surface area contributed by atoms with E-state index in [9.17, 15) is 17.6 Å². The van der Waals surface area contributed by atoms with Crippen LogP contribution in [-0.2, 0) is 4.74 Å². The molecule has 120 valence electrons. The summed E-state index contributed by atoms with van der Waals surface area (Å²) in [6.45, 7) is 1.23.